The average molecular weight is 293 g/mol. The number of aryl methyl sites for hydroxylation is 4. The molecule has 0 fully saturated rings. The molecule has 16 heavy (non-hydrogen) atoms. The molecular weight excluding hydrogens is 279 g/mol. The molecule has 0 aromatic carbocycles. The minimum Gasteiger partial charge on any atom is -0.128 e. The molecule has 4 heteroatoms. The van der Waals surface area contributed by atoms with Crippen molar-refractivity contribution in [3.05, 3.63) is 41.7 Å². The van der Waals surface area contributed by atoms with Crippen LogP contribution < -0.4 is 0 Å². The van der Waals surface area contributed by atoms with Crippen molar-refractivity contribution in [2.45, 2.75) is 27.7 Å². The molecule has 0 nitrogen and oxygen atoms in total. The van der Waals surface area contributed by atoms with Crippen LogP contribution in [0.1, 0.15) is 20.9 Å². The fourth-order valence-corrected chi connectivity index (χ4v) is 3.56. The molecule has 0 unspecified atom stereocenters. The third kappa shape index (κ3) is 4.10. The predicted octanol–water partition coefficient (Wildman–Crippen LogP) is 6.04. The number of rotatable bonds is 0. The zero-order valence-electron chi connectivity index (χ0n) is 9.73. The van der Waals surface area contributed by atoms with Crippen LogP contribution in [0.4, 0.5) is 0 Å². The summed E-state index contributed by atoms with van der Waals surface area (Å²) in [6.45, 7) is 8.22. The van der Waals surface area contributed by atoms with Gasteiger partial charge in [0.25, 0.3) is 0 Å². The van der Waals surface area contributed by atoms with Gasteiger partial charge in [0.05, 0.1) is 8.67 Å². The summed E-state index contributed by atoms with van der Waals surface area (Å²) in [6.07, 6.45) is 0. The topological polar surface area (TPSA) is 0 Å². The third-order valence-corrected chi connectivity index (χ3v) is 4.87. The van der Waals surface area contributed by atoms with Crippen LogP contribution in [0.5, 0.6) is 0 Å². The van der Waals surface area contributed by atoms with Crippen molar-refractivity contribution in [3.63, 3.8) is 0 Å². The fourth-order valence-electron chi connectivity index (χ4n) is 1.14. The molecule has 0 spiro atoms. The Labute approximate surface area is 115 Å². The van der Waals surface area contributed by atoms with Gasteiger partial charge >= 0.3 is 0 Å². The van der Waals surface area contributed by atoms with E-state index in [0.29, 0.717) is 0 Å². The van der Waals surface area contributed by atoms with E-state index in [9.17, 15) is 0 Å². The Hall–Kier alpha value is -0.0200. The fraction of sp³-hybridized carbons (Fsp3) is 0.333. The molecule has 2 aromatic rings. The molecular formula is C12H14Cl2S2. The zero-order valence-corrected chi connectivity index (χ0v) is 12.9. The minimum absolute atomic E-state index is 0.889. The summed E-state index contributed by atoms with van der Waals surface area (Å²) < 4.78 is 1.81. The van der Waals surface area contributed by atoms with E-state index in [4.69, 9.17) is 23.2 Å². The van der Waals surface area contributed by atoms with Gasteiger partial charge in [-0.05, 0) is 51.0 Å². The van der Waals surface area contributed by atoms with E-state index in [2.05, 4.69) is 26.8 Å². The Morgan fingerprint density at radius 3 is 1.62 bits per heavy atom. The highest BCUT2D eigenvalue weighted by Crippen LogP contribution is 2.25. The van der Waals surface area contributed by atoms with Gasteiger partial charge in [-0.2, -0.15) is 0 Å². The summed E-state index contributed by atoms with van der Waals surface area (Å²) in [5.74, 6) is 0. The highest BCUT2D eigenvalue weighted by molar-refractivity contribution is 7.16. The van der Waals surface area contributed by atoms with Crippen LogP contribution in [0, 0.1) is 27.7 Å². The van der Waals surface area contributed by atoms with E-state index in [1.54, 1.807) is 22.7 Å². The smallest absolute Gasteiger partial charge is 0.0960 e. The predicted molar refractivity (Wildman–Crippen MR) is 77.6 cm³/mol. The summed E-state index contributed by atoms with van der Waals surface area (Å²) >= 11 is 14.7. The van der Waals surface area contributed by atoms with Crippen LogP contribution in [-0.2, 0) is 0 Å². The van der Waals surface area contributed by atoms with E-state index in [-0.39, 0.29) is 0 Å². The second-order valence-corrected chi connectivity index (χ2v) is 7.35. The summed E-state index contributed by atoms with van der Waals surface area (Å²) in [4.78, 5) is 2.60. The van der Waals surface area contributed by atoms with Gasteiger partial charge in [0.1, 0.15) is 0 Å². The van der Waals surface area contributed by atoms with E-state index >= 15 is 0 Å². The summed E-state index contributed by atoms with van der Waals surface area (Å²) in [6, 6.07) is 4.08. The number of hydrogen-bond donors (Lipinski definition) is 0. The van der Waals surface area contributed by atoms with E-state index in [1.807, 2.05) is 13.0 Å². The highest BCUT2D eigenvalue weighted by Gasteiger charge is 1.96. The van der Waals surface area contributed by atoms with Crippen molar-refractivity contribution in [2.24, 2.45) is 0 Å². The van der Waals surface area contributed by atoms with Gasteiger partial charge in [0.2, 0.25) is 0 Å². The Morgan fingerprint density at radius 1 is 0.875 bits per heavy atom. The minimum atomic E-state index is 0.889. The lowest BCUT2D eigenvalue weighted by molar-refractivity contribution is 1.44. The van der Waals surface area contributed by atoms with Gasteiger partial charge in [-0.3, -0.25) is 0 Å². The first-order valence-corrected chi connectivity index (χ1v) is 7.24. The van der Waals surface area contributed by atoms with Crippen LogP contribution in [0.2, 0.25) is 8.67 Å². The highest BCUT2D eigenvalue weighted by atomic mass is 35.5. The van der Waals surface area contributed by atoms with E-state index < -0.39 is 0 Å². The molecule has 0 saturated carbocycles. The maximum Gasteiger partial charge on any atom is 0.0960 e. The molecule has 0 aliphatic rings. The normalized spacial score (nSPS) is 9.88. The molecule has 88 valence electrons. The van der Waals surface area contributed by atoms with Gasteiger partial charge in [0, 0.05) is 9.75 Å². The number of thiophene rings is 2. The molecule has 2 heterocycles. The Balaban J connectivity index is 0.000000160. The molecule has 2 rings (SSSR count). The largest absolute Gasteiger partial charge is 0.128 e. The SMILES string of the molecule is Cc1cc(C)c(Cl)s1.Cc1cc(Cl)sc1C. The van der Waals surface area contributed by atoms with Crippen LogP contribution in [-0.4, -0.2) is 0 Å². The molecule has 0 aliphatic carbocycles. The Morgan fingerprint density at radius 2 is 1.50 bits per heavy atom. The standard InChI is InChI=1S/2C6H7ClS/c1-4-3-6(7)8-5(4)2;1-4-3-5(2)8-6(4)7/h2*3H,1-2H3. The average Bonchev–Trinajstić information content (AvgIpc) is 2.58. The summed E-state index contributed by atoms with van der Waals surface area (Å²) in [5.41, 5.74) is 2.48. The van der Waals surface area contributed by atoms with Crippen molar-refractivity contribution >= 4 is 45.9 Å². The first-order valence-electron chi connectivity index (χ1n) is 4.85. The van der Waals surface area contributed by atoms with Crippen LogP contribution in [0.25, 0.3) is 0 Å². The lowest BCUT2D eigenvalue weighted by atomic mass is 10.3. The van der Waals surface area contributed by atoms with Crippen LogP contribution in [0.3, 0.4) is 0 Å². The molecule has 0 amide bonds. The molecule has 0 atom stereocenters. The van der Waals surface area contributed by atoms with Crippen molar-refractivity contribution in [3.8, 4) is 0 Å². The number of hydrogen-bond acceptors (Lipinski definition) is 2. The van der Waals surface area contributed by atoms with Crippen molar-refractivity contribution < 1.29 is 0 Å². The molecule has 0 bridgehead atoms. The van der Waals surface area contributed by atoms with Crippen LogP contribution >= 0.6 is 45.9 Å². The first-order chi connectivity index (χ1) is 7.40. The van der Waals surface area contributed by atoms with Crippen molar-refractivity contribution in [1.82, 2.24) is 0 Å². The monoisotopic (exact) mass is 292 g/mol. The summed E-state index contributed by atoms with van der Waals surface area (Å²) in [7, 11) is 0. The summed E-state index contributed by atoms with van der Waals surface area (Å²) in [5, 5.41) is 0. The van der Waals surface area contributed by atoms with Gasteiger partial charge < -0.3 is 0 Å². The van der Waals surface area contributed by atoms with Crippen molar-refractivity contribution in [1.29, 1.82) is 0 Å². The van der Waals surface area contributed by atoms with Gasteiger partial charge in [0.15, 0.2) is 0 Å². The van der Waals surface area contributed by atoms with Crippen molar-refractivity contribution in [2.75, 3.05) is 0 Å². The van der Waals surface area contributed by atoms with Gasteiger partial charge in [-0.25, -0.2) is 0 Å². The number of halogens is 2. The quantitative estimate of drug-likeness (QED) is 0.555. The van der Waals surface area contributed by atoms with Gasteiger partial charge in [-0.15, -0.1) is 22.7 Å². The van der Waals surface area contributed by atoms with E-state index in [0.717, 1.165) is 8.67 Å². The molecule has 0 radical (unpaired) electrons. The third-order valence-electron chi connectivity index (χ3n) is 2.12. The lowest BCUT2D eigenvalue weighted by Crippen LogP contribution is -1.61. The Kier molecular flexibility index (Phi) is 5.32. The zero-order chi connectivity index (χ0) is 12.3. The second-order valence-electron chi connectivity index (χ2n) is 3.60. The Bertz CT molecular complexity index is 386. The maximum absolute atomic E-state index is 5.75. The second kappa shape index (κ2) is 6.06. The molecule has 2 aromatic heterocycles. The van der Waals surface area contributed by atoms with E-state index in [1.165, 1.54) is 20.9 Å². The molecule has 0 aliphatic heterocycles. The molecule has 0 saturated heterocycles. The maximum atomic E-state index is 5.75. The first kappa shape index (κ1) is 14.0. The lowest BCUT2D eigenvalue weighted by Gasteiger charge is -1.79. The van der Waals surface area contributed by atoms with Crippen LogP contribution in [0.15, 0.2) is 12.1 Å². The van der Waals surface area contributed by atoms with Gasteiger partial charge in [-0.1, -0.05) is 23.2 Å². The molecule has 0 N–H and O–H groups in total.